The van der Waals surface area contributed by atoms with Gasteiger partial charge in [-0.15, -0.1) is 0 Å². The van der Waals surface area contributed by atoms with Crippen LogP contribution in [-0.4, -0.2) is 36.9 Å². The van der Waals surface area contributed by atoms with Crippen LogP contribution in [0.5, 0.6) is 0 Å². The van der Waals surface area contributed by atoms with E-state index in [4.69, 9.17) is 4.74 Å². The van der Waals surface area contributed by atoms with Crippen LogP contribution in [0.4, 0.5) is 5.69 Å². The van der Waals surface area contributed by atoms with Gasteiger partial charge in [0.05, 0.1) is 6.54 Å². The van der Waals surface area contributed by atoms with Crippen LogP contribution in [0.25, 0.3) is 0 Å². The van der Waals surface area contributed by atoms with E-state index in [0.717, 1.165) is 16.7 Å². The summed E-state index contributed by atoms with van der Waals surface area (Å²) >= 11 is 0. The molecule has 30 heavy (non-hydrogen) atoms. The van der Waals surface area contributed by atoms with E-state index in [1.165, 1.54) is 4.90 Å². The highest BCUT2D eigenvalue weighted by Gasteiger charge is 2.19. The molecule has 154 valence electrons. The van der Waals surface area contributed by atoms with Crippen molar-refractivity contribution in [2.45, 2.75) is 13.0 Å². The summed E-state index contributed by atoms with van der Waals surface area (Å²) in [5.74, 6) is -0.511. The maximum absolute atomic E-state index is 12.6. The van der Waals surface area contributed by atoms with Gasteiger partial charge in [0.15, 0.2) is 0 Å². The number of carbonyl (C=O) groups excluding carboxylic acids is 2. The third kappa shape index (κ3) is 6.03. The number of anilines is 1. The van der Waals surface area contributed by atoms with Gasteiger partial charge in [-0.3, -0.25) is 9.59 Å². The van der Waals surface area contributed by atoms with Crippen molar-refractivity contribution >= 4 is 17.5 Å². The van der Waals surface area contributed by atoms with E-state index in [-0.39, 0.29) is 31.1 Å². The fourth-order valence-corrected chi connectivity index (χ4v) is 3.05. The van der Waals surface area contributed by atoms with Gasteiger partial charge in [0.1, 0.15) is 12.7 Å². The molecule has 5 nitrogen and oxygen atoms in total. The Morgan fingerprint density at radius 3 is 1.93 bits per heavy atom. The number of aryl methyl sites for hydroxylation is 1. The molecule has 0 radical (unpaired) electrons. The lowest BCUT2D eigenvalue weighted by Crippen LogP contribution is -2.37. The van der Waals surface area contributed by atoms with E-state index in [0.29, 0.717) is 5.69 Å². The maximum atomic E-state index is 12.6. The fraction of sp³-hybridized carbons (Fsp3) is 0.200. The monoisotopic (exact) mass is 402 g/mol. The lowest BCUT2D eigenvalue weighted by atomic mass is 10.0. The number of hydrogen-bond donors (Lipinski definition) is 1. The zero-order chi connectivity index (χ0) is 21.3. The number of nitrogens with zero attached hydrogens (tertiary/aromatic N) is 1. The SMILES string of the molecule is Cc1ccc(NC(=O)CN(C)C(=O)COC(c2ccccc2)c2ccccc2)cc1. The molecule has 0 saturated heterocycles. The Bertz CT molecular complexity index is 917. The van der Waals surface area contributed by atoms with Crippen LogP contribution in [-0.2, 0) is 14.3 Å². The number of carbonyl (C=O) groups is 2. The van der Waals surface area contributed by atoms with E-state index in [9.17, 15) is 9.59 Å². The molecule has 3 aromatic rings. The molecule has 2 amide bonds. The molecule has 3 rings (SSSR count). The standard InChI is InChI=1S/C25H26N2O3/c1-19-13-15-22(16-14-19)26-23(28)17-27(2)24(29)18-30-25(20-9-5-3-6-10-20)21-11-7-4-8-12-21/h3-16,25H,17-18H2,1-2H3,(H,26,28). The number of nitrogens with one attached hydrogen (secondary N) is 1. The van der Waals surface area contributed by atoms with E-state index >= 15 is 0 Å². The molecule has 1 N–H and O–H groups in total. The number of ether oxygens (including phenoxy) is 1. The first-order valence-electron chi connectivity index (χ1n) is 9.85. The highest BCUT2D eigenvalue weighted by atomic mass is 16.5. The topological polar surface area (TPSA) is 58.6 Å². The molecular formula is C25H26N2O3. The highest BCUT2D eigenvalue weighted by Crippen LogP contribution is 2.25. The Balaban J connectivity index is 1.58. The minimum Gasteiger partial charge on any atom is -0.359 e. The molecule has 0 heterocycles. The van der Waals surface area contributed by atoms with Gasteiger partial charge < -0.3 is 15.0 Å². The predicted octanol–water partition coefficient (Wildman–Crippen LogP) is 4.20. The van der Waals surface area contributed by atoms with Crippen molar-refractivity contribution in [2.75, 3.05) is 25.5 Å². The van der Waals surface area contributed by atoms with Crippen molar-refractivity contribution in [1.29, 1.82) is 0 Å². The van der Waals surface area contributed by atoms with Crippen molar-refractivity contribution in [3.63, 3.8) is 0 Å². The molecule has 0 aliphatic heterocycles. The second-order valence-electron chi connectivity index (χ2n) is 7.18. The number of benzene rings is 3. The molecule has 5 heteroatoms. The molecule has 0 spiro atoms. The van der Waals surface area contributed by atoms with Crippen molar-refractivity contribution in [2.24, 2.45) is 0 Å². The number of amides is 2. The molecule has 0 unspecified atom stereocenters. The van der Waals surface area contributed by atoms with Gasteiger partial charge >= 0.3 is 0 Å². The van der Waals surface area contributed by atoms with Crippen LogP contribution in [0.1, 0.15) is 22.8 Å². The average Bonchev–Trinajstić information content (AvgIpc) is 2.77. The van der Waals surface area contributed by atoms with Crippen molar-refractivity contribution in [1.82, 2.24) is 4.90 Å². The summed E-state index contributed by atoms with van der Waals surface area (Å²) in [5, 5.41) is 2.80. The van der Waals surface area contributed by atoms with Crippen molar-refractivity contribution in [3.05, 3.63) is 102 Å². The Morgan fingerprint density at radius 1 is 0.867 bits per heavy atom. The van der Waals surface area contributed by atoms with E-state index in [1.807, 2.05) is 91.9 Å². The van der Waals surface area contributed by atoms with Crippen LogP contribution in [0.2, 0.25) is 0 Å². The molecule has 0 atom stereocenters. The van der Waals surface area contributed by atoms with Crippen LogP contribution >= 0.6 is 0 Å². The summed E-state index contributed by atoms with van der Waals surface area (Å²) in [4.78, 5) is 26.2. The predicted molar refractivity (Wildman–Crippen MR) is 118 cm³/mol. The zero-order valence-corrected chi connectivity index (χ0v) is 17.2. The minimum absolute atomic E-state index is 0.0442. The minimum atomic E-state index is -0.355. The van der Waals surface area contributed by atoms with Gasteiger partial charge in [0.2, 0.25) is 11.8 Å². The second-order valence-corrected chi connectivity index (χ2v) is 7.18. The van der Waals surface area contributed by atoms with Crippen molar-refractivity contribution in [3.8, 4) is 0 Å². The van der Waals surface area contributed by atoms with Gasteiger partial charge in [-0.25, -0.2) is 0 Å². The Hall–Kier alpha value is -3.44. The molecule has 0 aliphatic rings. The highest BCUT2D eigenvalue weighted by molar-refractivity contribution is 5.94. The maximum Gasteiger partial charge on any atom is 0.248 e. The fourth-order valence-electron chi connectivity index (χ4n) is 3.05. The molecule has 0 saturated carbocycles. The van der Waals surface area contributed by atoms with Gasteiger partial charge in [-0.1, -0.05) is 78.4 Å². The third-order valence-corrected chi connectivity index (χ3v) is 4.72. The zero-order valence-electron chi connectivity index (χ0n) is 17.2. The molecule has 0 aromatic heterocycles. The summed E-state index contributed by atoms with van der Waals surface area (Å²) in [5.41, 5.74) is 3.76. The third-order valence-electron chi connectivity index (χ3n) is 4.72. The van der Waals surface area contributed by atoms with Crippen LogP contribution in [0.15, 0.2) is 84.9 Å². The van der Waals surface area contributed by atoms with Crippen LogP contribution in [0, 0.1) is 6.92 Å². The summed E-state index contributed by atoms with van der Waals surface area (Å²) in [6.07, 6.45) is -0.355. The summed E-state index contributed by atoms with van der Waals surface area (Å²) in [6.45, 7) is 1.82. The lowest BCUT2D eigenvalue weighted by molar-refractivity contribution is -0.138. The number of rotatable bonds is 8. The Morgan fingerprint density at radius 2 is 1.40 bits per heavy atom. The first-order valence-corrected chi connectivity index (χ1v) is 9.85. The first kappa shape index (κ1) is 21.3. The lowest BCUT2D eigenvalue weighted by Gasteiger charge is -2.21. The molecule has 0 fully saturated rings. The van der Waals surface area contributed by atoms with E-state index < -0.39 is 0 Å². The average molecular weight is 402 g/mol. The number of hydrogen-bond acceptors (Lipinski definition) is 3. The van der Waals surface area contributed by atoms with Gasteiger partial charge in [-0.2, -0.15) is 0 Å². The van der Waals surface area contributed by atoms with Crippen LogP contribution < -0.4 is 5.32 Å². The van der Waals surface area contributed by atoms with Gasteiger partial charge in [0, 0.05) is 12.7 Å². The van der Waals surface area contributed by atoms with Crippen molar-refractivity contribution < 1.29 is 14.3 Å². The van der Waals surface area contributed by atoms with E-state index in [2.05, 4.69) is 5.32 Å². The quantitative estimate of drug-likeness (QED) is 0.614. The number of likely N-dealkylation sites (N-methyl/N-ethyl adjacent to an activating group) is 1. The Kier molecular flexibility index (Phi) is 7.35. The van der Waals surface area contributed by atoms with Gasteiger partial charge in [-0.05, 0) is 30.2 Å². The summed E-state index contributed by atoms with van der Waals surface area (Å²) in [6, 6.07) is 27.1. The molecular weight excluding hydrogens is 376 g/mol. The molecule has 0 aliphatic carbocycles. The summed E-state index contributed by atoms with van der Waals surface area (Å²) < 4.78 is 5.99. The Labute approximate surface area is 177 Å². The second kappa shape index (κ2) is 10.4. The molecule has 0 bridgehead atoms. The normalized spacial score (nSPS) is 10.6. The smallest absolute Gasteiger partial charge is 0.248 e. The largest absolute Gasteiger partial charge is 0.359 e. The van der Waals surface area contributed by atoms with E-state index in [1.54, 1.807) is 7.05 Å². The first-order chi connectivity index (χ1) is 14.5. The summed E-state index contributed by atoms with van der Waals surface area (Å²) in [7, 11) is 1.60. The van der Waals surface area contributed by atoms with Crippen LogP contribution in [0.3, 0.4) is 0 Å². The molecule has 3 aromatic carbocycles. The van der Waals surface area contributed by atoms with Gasteiger partial charge in [0.25, 0.3) is 0 Å².